The molecule has 0 radical (unpaired) electrons. The molecule has 0 saturated heterocycles. The number of nitrogen functional groups attached to an aromatic ring is 1. The highest BCUT2D eigenvalue weighted by Gasteiger charge is 2.08. The van der Waals surface area contributed by atoms with E-state index in [9.17, 15) is 4.39 Å². The summed E-state index contributed by atoms with van der Waals surface area (Å²) in [6, 6.07) is 9.18. The van der Waals surface area contributed by atoms with Crippen LogP contribution in [0.2, 0.25) is 10.0 Å². The van der Waals surface area contributed by atoms with Crippen molar-refractivity contribution >= 4 is 28.9 Å². The van der Waals surface area contributed by atoms with Crippen molar-refractivity contribution in [2.75, 3.05) is 5.73 Å². The zero-order valence-electron chi connectivity index (χ0n) is 8.18. The standard InChI is InChI=1S/C12H8Cl2FN/c13-7-1-3-9(11(14)5-7)10-6-8(15)2-4-12(10)16/h1-6H,16H2. The molecule has 0 aliphatic carbocycles. The maximum atomic E-state index is 13.1. The van der Waals surface area contributed by atoms with E-state index in [1.165, 1.54) is 18.2 Å². The Balaban J connectivity index is 2.62. The molecule has 0 atom stereocenters. The van der Waals surface area contributed by atoms with Gasteiger partial charge >= 0.3 is 0 Å². The van der Waals surface area contributed by atoms with Crippen LogP contribution in [-0.2, 0) is 0 Å². The first-order chi connectivity index (χ1) is 7.58. The first-order valence-electron chi connectivity index (χ1n) is 4.58. The van der Waals surface area contributed by atoms with Crippen LogP contribution < -0.4 is 5.73 Å². The predicted octanol–water partition coefficient (Wildman–Crippen LogP) is 4.38. The van der Waals surface area contributed by atoms with Crippen LogP contribution in [0.5, 0.6) is 0 Å². The fraction of sp³-hybridized carbons (Fsp3) is 0. The third-order valence-corrected chi connectivity index (χ3v) is 2.78. The molecule has 0 heterocycles. The molecule has 0 aliphatic heterocycles. The average Bonchev–Trinajstić information content (AvgIpc) is 2.22. The van der Waals surface area contributed by atoms with Crippen LogP contribution in [0.25, 0.3) is 11.1 Å². The van der Waals surface area contributed by atoms with E-state index in [4.69, 9.17) is 28.9 Å². The van der Waals surface area contributed by atoms with Crippen molar-refractivity contribution in [1.82, 2.24) is 0 Å². The number of benzene rings is 2. The van der Waals surface area contributed by atoms with Gasteiger partial charge < -0.3 is 5.73 Å². The molecule has 0 aromatic heterocycles. The van der Waals surface area contributed by atoms with Gasteiger partial charge in [-0.05, 0) is 30.3 Å². The van der Waals surface area contributed by atoms with Crippen molar-refractivity contribution in [1.29, 1.82) is 0 Å². The lowest BCUT2D eigenvalue weighted by atomic mass is 10.0. The van der Waals surface area contributed by atoms with E-state index in [-0.39, 0.29) is 5.82 Å². The highest BCUT2D eigenvalue weighted by Crippen LogP contribution is 2.34. The average molecular weight is 256 g/mol. The van der Waals surface area contributed by atoms with E-state index < -0.39 is 0 Å². The summed E-state index contributed by atoms with van der Waals surface area (Å²) in [5.41, 5.74) is 7.49. The van der Waals surface area contributed by atoms with Gasteiger partial charge in [0.05, 0.1) is 0 Å². The van der Waals surface area contributed by atoms with Crippen molar-refractivity contribution in [3.05, 3.63) is 52.3 Å². The third kappa shape index (κ3) is 2.13. The minimum absolute atomic E-state index is 0.352. The minimum atomic E-state index is -0.352. The van der Waals surface area contributed by atoms with Gasteiger partial charge in [-0.15, -0.1) is 0 Å². The fourth-order valence-corrected chi connectivity index (χ4v) is 1.98. The molecular weight excluding hydrogens is 248 g/mol. The molecule has 0 aliphatic rings. The Bertz CT molecular complexity index is 541. The smallest absolute Gasteiger partial charge is 0.123 e. The lowest BCUT2D eigenvalue weighted by Crippen LogP contribution is -1.91. The Labute approximate surface area is 103 Å². The van der Waals surface area contributed by atoms with Gasteiger partial charge in [0.15, 0.2) is 0 Å². The highest BCUT2D eigenvalue weighted by atomic mass is 35.5. The molecule has 82 valence electrons. The predicted molar refractivity (Wildman–Crippen MR) is 66.3 cm³/mol. The summed E-state index contributed by atoms with van der Waals surface area (Å²) in [5.74, 6) is -0.352. The summed E-state index contributed by atoms with van der Waals surface area (Å²) in [7, 11) is 0. The molecule has 0 amide bonds. The summed E-state index contributed by atoms with van der Waals surface area (Å²) >= 11 is 11.8. The maximum absolute atomic E-state index is 13.1. The molecule has 0 spiro atoms. The summed E-state index contributed by atoms with van der Waals surface area (Å²) < 4.78 is 13.1. The quantitative estimate of drug-likeness (QED) is 0.752. The molecule has 2 N–H and O–H groups in total. The van der Waals surface area contributed by atoms with Crippen LogP contribution in [0.1, 0.15) is 0 Å². The van der Waals surface area contributed by atoms with Crippen molar-refractivity contribution in [2.24, 2.45) is 0 Å². The van der Waals surface area contributed by atoms with Gasteiger partial charge in [0.25, 0.3) is 0 Å². The largest absolute Gasteiger partial charge is 0.398 e. The molecule has 4 heteroatoms. The van der Waals surface area contributed by atoms with Gasteiger partial charge in [0.2, 0.25) is 0 Å². The van der Waals surface area contributed by atoms with Crippen LogP contribution in [0.3, 0.4) is 0 Å². The van der Waals surface area contributed by atoms with Crippen molar-refractivity contribution in [3.63, 3.8) is 0 Å². The molecule has 0 unspecified atom stereocenters. The second kappa shape index (κ2) is 4.32. The number of hydrogen-bond acceptors (Lipinski definition) is 1. The Morgan fingerprint density at radius 3 is 2.38 bits per heavy atom. The van der Waals surface area contributed by atoms with Crippen molar-refractivity contribution in [2.45, 2.75) is 0 Å². The molecule has 2 rings (SSSR count). The summed E-state index contributed by atoms with van der Waals surface area (Å²) in [6.07, 6.45) is 0. The minimum Gasteiger partial charge on any atom is -0.398 e. The second-order valence-corrected chi connectivity index (χ2v) is 4.20. The van der Waals surface area contributed by atoms with Crippen LogP contribution in [-0.4, -0.2) is 0 Å². The molecule has 16 heavy (non-hydrogen) atoms. The van der Waals surface area contributed by atoms with Crippen LogP contribution in [0.4, 0.5) is 10.1 Å². The van der Waals surface area contributed by atoms with Crippen molar-refractivity contribution in [3.8, 4) is 11.1 Å². The van der Waals surface area contributed by atoms with E-state index >= 15 is 0 Å². The molecular formula is C12H8Cl2FN. The summed E-state index contributed by atoms with van der Waals surface area (Å²) in [4.78, 5) is 0. The Kier molecular flexibility index (Phi) is 3.03. The maximum Gasteiger partial charge on any atom is 0.123 e. The zero-order valence-corrected chi connectivity index (χ0v) is 9.69. The SMILES string of the molecule is Nc1ccc(F)cc1-c1ccc(Cl)cc1Cl. The molecule has 0 saturated carbocycles. The lowest BCUT2D eigenvalue weighted by molar-refractivity contribution is 0.628. The van der Waals surface area contributed by atoms with Crippen molar-refractivity contribution < 1.29 is 4.39 Å². The van der Waals surface area contributed by atoms with E-state index in [1.807, 2.05) is 0 Å². The fourth-order valence-electron chi connectivity index (χ4n) is 1.47. The molecule has 2 aromatic carbocycles. The summed E-state index contributed by atoms with van der Waals surface area (Å²) in [6.45, 7) is 0. The van der Waals surface area contributed by atoms with E-state index in [0.29, 0.717) is 26.9 Å². The molecule has 2 aromatic rings. The molecule has 0 bridgehead atoms. The number of anilines is 1. The van der Waals surface area contributed by atoms with Crippen LogP contribution in [0, 0.1) is 5.82 Å². The first-order valence-corrected chi connectivity index (χ1v) is 5.34. The Hall–Kier alpha value is -1.25. The van der Waals surface area contributed by atoms with E-state index in [1.54, 1.807) is 18.2 Å². The normalized spacial score (nSPS) is 10.4. The second-order valence-electron chi connectivity index (χ2n) is 3.36. The van der Waals surface area contributed by atoms with E-state index in [0.717, 1.165) is 0 Å². The number of halogens is 3. The van der Waals surface area contributed by atoms with Gasteiger partial charge in [0, 0.05) is 26.9 Å². The number of rotatable bonds is 1. The number of nitrogens with two attached hydrogens (primary N) is 1. The first kappa shape index (κ1) is 11.2. The third-order valence-electron chi connectivity index (χ3n) is 2.24. The monoisotopic (exact) mass is 255 g/mol. The summed E-state index contributed by atoms with van der Waals surface area (Å²) in [5, 5.41) is 0.980. The number of hydrogen-bond donors (Lipinski definition) is 1. The topological polar surface area (TPSA) is 26.0 Å². The van der Waals surface area contributed by atoms with Crippen LogP contribution in [0.15, 0.2) is 36.4 Å². The van der Waals surface area contributed by atoms with Gasteiger partial charge in [0.1, 0.15) is 5.82 Å². The Morgan fingerprint density at radius 2 is 1.69 bits per heavy atom. The Morgan fingerprint density at radius 1 is 0.938 bits per heavy atom. The zero-order chi connectivity index (χ0) is 11.7. The lowest BCUT2D eigenvalue weighted by Gasteiger charge is -2.08. The van der Waals surface area contributed by atoms with Gasteiger partial charge in [-0.1, -0.05) is 29.3 Å². The van der Waals surface area contributed by atoms with Gasteiger partial charge in [-0.3, -0.25) is 0 Å². The van der Waals surface area contributed by atoms with Gasteiger partial charge in [-0.2, -0.15) is 0 Å². The molecule has 1 nitrogen and oxygen atoms in total. The van der Waals surface area contributed by atoms with E-state index in [2.05, 4.69) is 0 Å². The molecule has 0 fully saturated rings. The van der Waals surface area contributed by atoms with Crippen LogP contribution >= 0.6 is 23.2 Å². The van der Waals surface area contributed by atoms with Gasteiger partial charge in [-0.25, -0.2) is 4.39 Å². The highest BCUT2D eigenvalue weighted by molar-refractivity contribution is 6.36.